The fourth-order valence-corrected chi connectivity index (χ4v) is 2.86. The van der Waals surface area contributed by atoms with E-state index in [0.717, 1.165) is 5.56 Å². The zero-order valence-electron chi connectivity index (χ0n) is 12.5. The SMILES string of the molecule is Cc1ccc(C(=O)C[C@]2(O)C(=O)N(C)c3ccccc32)cc1. The molecule has 1 N–H and O–H groups in total. The number of carbonyl (C=O) groups excluding carboxylic acids is 2. The van der Waals surface area contributed by atoms with Gasteiger partial charge in [-0.3, -0.25) is 9.59 Å². The molecule has 0 fully saturated rings. The van der Waals surface area contributed by atoms with Crippen molar-refractivity contribution >= 4 is 17.4 Å². The molecule has 1 heterocycles. The Labute approximate surface area is 129 Å². The van der Waals surface area contributed by atoms with Gasteiger partial charge in [0.2, 0.25) is 0 Å². The Morgan fingerprint density at radius 3 is 2.45 bits per heavy atom. The first-order valence-electron chi connectivity index (χ1n) is 7.13. The number of nitrogens with zero attached hydrogens (tertiary/aromatic N) is 1. The molecule has 1 amide bonds. The standard InChI is InChI=1S/C18H17NO3/c1-12-7-9-13(10-8-12)16(20)11-18(22)14-5-3-4-6-15(14)19(2)17(18)21/h3-10,22H,11H2,1-2H3/t18-/m1/s1. The summed E-state index contributed by atoms with van der Waals surface area (Å²) in [7, 11) is 1.61. The monoisotopic (exact) mass is 295 g/mol. The predicted octanol–water partition coefficient (Wildman–Crippen LogP) is 2.43. The number of carbonyl (C=O) groups is 2. The number of amides is 1. The van der Waals surface area contributed by atoms with Gasteiger partial charge >= 0.3 is 0 Å². The first kappa shape index (κ1) is 14.5. The maximum atomic E-state index is 12.4. The third kappa shape index (κ3) is 2.12. The molecule has 0 saturated carbocycles. The van der Waals surface area contributed by atoms with Crippen molar-refractivity contribution < 1.29 is 14.7 Å². The molecule has 0 radical (unpaired) electrons. The summed E-state index contributed by atoms with van der Waals surface area (Å²) in [6.45, 7) is 1.94. The molecule has 4 heteroatoms. The minimum atomic E-state index is -1.78. The summed E-state index contributed by atoms with van der Waals surface area (Å²) in [6.07, 6.45) is -0.254. The lowest BCUT2D eigenvalue weighted by Crippen LogP contribution is -2.40. The topological polar surface area (TPSA) is 57.6 Å². The summed E-state index contributed by atoms with van der Waals surface area (Å²) in [5, 5.41) is 10.9. The van der Waals surface area contributed by atoms with E-state index in [-0.39, 0.29) is 12.2 Å². The van der Waals surface area contributed by atoms with Gasteiger partial charge in [0, 0.05) is 18.2 Å². The molecule has 0 spiro atoms. The van der Waals surface area contributed by atoms with Crippen LogP contribution >= 0.6 is 0 Å². The molecule has 0 aliphatic carbocycles. The zero-order valence-corrected chi connectivity index (χ0v) is 12.5. The van der Waals surface area contributed by atoms with Crippen molar-refractivity contribution in [2.24, 2.45) is 0 Å². The van der Waals surface area contributed by atoms with E-state index in [2.05, 4.69) is 0 Å². The lowest BCUT2D eigenvalue weighted by molar-refractivity contribution is -0.135. The first-order chi connectivity index (χ1) is 10.4. The number of likely N-dealkylation sites (N-methyl/N-ethyl adjacent to an activating group) is 1. The van der Waals surface area contributed by atoms with Crippen LogP contribution in [0.5, 0.6) is 0 Å². The minimum absolute atomic E-state index is 0.249. The number of hydrogen-bond donors (Lipinski definition) is 1. The van der Waals surface area contributed by atoms with E-state index in [1.165, 1.54) is 4.90 Å². The molecule has 0 saturated heterocycles. The van der Waals surface area contributed by atoms with Crippen LogP contribution in [0, 0.1) is 6.92 Å². The smallest absolute Gasteiger partial charge is 0.263 e. The van der Waals surface area contributed by atoms with Crippen LogP contribution in [0.1, 0.15) is 27.9 Å². The number of anilines is 1. The van der Waals surface area contributed by atoms with Crippen molar-refractivity contribution in [2.45, 2.75) is 18.9 Å². The average Bonchev–Trinajstić information content (AvgIpc) is 2.70. The van der Waals surface area contributed by atoms with E-state index in [1.807, 2.05) is 19.1 Å². The number of fused-ring (bicyclic) bond motifs is 1. The Hall–Kier alpha value is -2.46. The molecule has 112 valence electrons. The molecule has 0 aromatic heterocycles. The molecule has 2 aromatic carbocycles. The van der Waals surface area contributed by atoms with Crippen LogP contribution < -0.4 is 4.90 Å². The van der Waals surface area contributed by atoms with Gasteiger partial charge in [0.25, 0.3) is 5.91 Å². The van der Waals surface area contributed by atoms with E-state index in [1.54, 1.807) is 43.4 Å². The van der Waals surface area contributed by atoms with Crippen molar-refractivity contribution in [1.82, 2.24) is 0 Å². The molecule has 1 aliphatic heterocycles. The molecule has 4 nitrogen and oxygen atoms in total. The molecular weight excluding hydrogens is 278 g/mol. The van der Waals surface area contributed by atoms with Gasteiger partial charge in [0.05, 0.1) is 12.1 Å². The average molecular weight is 295 g/mol. The Kier molecular flexibility index (Phi) is 3.34. The van der Waals surface area contributed by atoms with E-state index in [0.29, 0.717) is 16.8 Å². The second-order valence-electron chi connectivity index (χ2n) is 5.71. The Bertz CT molecular complexity index is 751. The molecule has 0 unspecified atom stereocenters. The van der Waals surface area contributed by atoms with Crippen LogP contribution in [0.2, 0.25) is 0 Å². The van der Waals surface area contributed by atoms with Crippen LogP contribution in [-0.4, -0.2) is 23.8 Å². The Morgan fingerprint density at radius 2 is 1.77 bits per heavy atom. The third-order valence-corrected chi connectivity index (χ3v) is 4.16. The predicted molar refractivity (Wildman–Crippen MR) is 83.9 cm³/mol. The van der Waals surface area contributed by atoms with Gasteiger partial charge < -0.3 is 10.0 Å². The van der Waals surface area contributed by atoms with Gasteiger partial charge in [-0.25, -0.2) is 0 Å². The fraction of sp³-hybridized carbons (Fsp3) is 0.222. The fourth-order valence-electron chi connectivity index (χ4n) is 2.86. The number of rotatable bonds is 3. The summed E-state index contributed by atoms with van der Waals surface area (Å²) in [6, 6.07) is 14.1. The van der Waals surface area contributed by atoms with Crippen LogP contribution in [0.15, 0.2) is 48.5 Å². The van der Waals surface area contributed by atoms with Gasteiger partial charge in [0.15, 0.2) is 11.4 Å². The Morgan fingerprint density at radius 1 is 1.14 bits per heavy atom. The Balaban J connectivity index is 1.95. The summed E-state index contributed by atoms with van der Waals surface area (Å²) < 4.78 is 0. The normalized spacial score (nSPS) is 20.1. The van der Waals surface area contributed by atoms with Gasteiger partial charge in [-0.1, -0.05) is 48.0 Å². The summed E-state index contributed by atoms with van der Waals surface area (Å²) >= 11 is 0. The molecule has 2 aromatic rings. The maximum absolute atomic E-state index is 12.4. The first-order valence-corrected chi connectivity index (χ1v) is 7.13. The highest BCUT2D eigenvalue weighted by Gasteiger charge is 2.49. The number of aryl methyl sites for hydroxylation is 1. The van der Waals surface area contributed by atoms with Gasteiger partial charge in [0.1, 0.15) is 0 Å². The number of aliphatic hydroxyl groups is 1. The second-order valence-corrected chi connectivity index (χ2v) is 5.71. The molecule has 1 atom stereocenters. The number of Topliss-reactive ketones (excluding diaryl/α,β-unsaturated/α-hetero) is 1. The molecule has 1 aliphatic rings. The van der Waals surface area contributed by atoms with Gasteiger partial charge in [-0.05, 0) is 13.0 Å². The lowest BCUT2D eigenvalue weighted by Gasteiger charge is -2.21. The largest absolute Gasteiger partial charge is 0.375 e. The van der Waals surface area contributed by atoms with Gasteiger partial charge in [-0.2, -0.15) is 0 Å². The van der Waals surface area contributed by atoms with Gasteiger partial charge in [-0.15, -0.1) is 0 Å². The number of para-hydroxylation sites is 1. The molecule has 0 bridgehead atoms. The highest BCUT2D eigenvalue weighted by atomic mass is 16.3. The van der Waals surface area contributed by atoms with E-state index in [4.69, 9.17) is 0 Å². The number of ketones is 1. The number of hydrogen-bond acceptors (Lipinski definition) is 3. The lowest BCUT2D eigenvalue weighted by atomic mass is 9.88. The minimum Gasteiger partial charge on any atom is -0.375 e. The highest BCUT2D eigenvalue weighted by molar-refractivity contribution is 6.10. The quantitative estimate of drug-likeness (QED) is 0.885. The summed E-state index contributed by atoms with van der Waals surface area (Å²) in [5.74, 6) is -0.713. The van der Waals surface area contributed by atoms with E-state index in [9.17, 15) is 14.7 Å². The highest BCUT2D eigenvalue weighted by Crippen LogP contribution is 2.41. The van der Waals surface area contributed by atoms with Crippen LogP contribution in [0.4, 0.5) is 5.69 Å². The van der Waals surface area contributed by atoms with Crippen LogP contribution in [0.3, 0.4) is 0 Å². The van der Waals surface area contributed by atoms with Crippen molar-refractivity contribution in [3.63, 3.8) is 0 Å². The van der Waals surface area contributed by atoms with Crippen molar-refractivity contribution in [3.05, 3.63) is 65.2 Å². The third-order valence-electron chi connectivity index (χ3n) is 4.16. The summed E-state index contributed by atoms with van der Waals surface area (Å²) in [5.41, 5.74) is 0.902. The number of benzene rings is 2. The molecular formula is C18H17NO3. The van der Waals surface area contributed by atoms with Crippen molar-refractivity contribution in [1.29, 1.82) is 0 Å². The molecule has 22 heavy (non-hydrogen) atoms. The molecule has 3 rings (SSSR count). The second kappa shape index (κ2) is 5.07. The van der Waals surface area contributed by atoms with Crippen molar-refractivity contribution in [3.8, 4) is 0 Å². The van der Waals surface area contributed by atoms with E-state index < -0.39 is 11.5 Å². The van der Waals surface area contributed by atoms with E-state index >= 15 is 0 Å². The zero-order chi connectivity index (χ0) is 15.9. The summed E-state index contributed by atoms with van der Waals surface area (Å²) in [4.78, 5) is 26.3. The maximum Gasteiger partial charge on any atom is 0.263 e. The van der Waals surface area contributed by atoms with Crippen molar-refractivity contribution in [2.75, 3.05) is 11.9 Å². The van der Waals surface area contributed by atoms with Crippen LogP contribution in [-0.2, 0) is 10.4 Å². The van der Waals surface area contributed by atoms with Crippen LogP contribution in [0.25, 0.3) is 0 Å².